The van der Waals surface area contributed by atoms with Crippen molar-refractivity contribution in [1.82, 2.24) is 0 Å². The van der Waals surface area contributed by atoms with Gasteiger partial charge in [0, 0.05) is 35.4 Å². The predicted octanol–water partition coefficient (Wildman–Crippen LogP) is 5.63. The topological polar surface area (TPSA) is 0 Å². The normalized spacial score (nSPS) is 9.18. The monoisotopic (exact) mass is 469 g/mol. The molecule has 0 fully saturated rings. The van der Waals surface area contributed by atoms with Crippen LogP contribution >= 0.6 is 0 Å². The SMILES string of the molecule is C[SiH]C.[Hf].c1ccc2[cH-]ccc2c1.c1ccc2[cH-]ccc2c1. The van der Waals surface area contributed by atoms with Gasteiger partial charge >= 0.3 is 0 Å². The van der Waals surface area contributed by atoms with Gasteiger partial charge in [0.05, 0.1) is 0 Å². The molecule has 0 bridgehead atoms. The smallest absolute Gasteiger partial charge is 0.0213 e. The van der Waals surface area contributed by atoms with Gasteiger partial charge < -0.3 is 0 Å². The largest absolute Gasteiger partial charge is 0.168 e. The Morgan fingerprint density at radius 2 is 1.00 bits per heavy atom. The number of fused-ring (bicyclic) bond motifs is 2. The van der Waals surface area contributed by atoms with E-state index in [1.54, 1.807) is 0 Å². The van der Waals surface area contributed by atoms with E-state index in [4.69, 9.17) is 0 Å². The second-order valence-corrected chi connectivity index (χ2v) is 6.04. The van der Waals surface area contributed by atoms with E-state index in [1.807, 2.05) is 0 Å². The molecule has 111 valence electrons. The summed E-state index contributed by atoms with van der Waals surface area (Å²) in [5.41, 5.74) is 0. The first-order valence-corrected chi connectivity index (χ1v) is 9.61. The zero-order valence-electron chi connectivity index (χ0n) is 13.2. The van der Waals surface area contributed by atoms with Crippen molar-refractivity contribution in [1.29, 1.82) is 0 Å². The summed E-state index contributed by atoms with van der Waals surface area (Å²) in [6.07, 6.45) is 0. The minimum atomic E-state index is 0. The molecule has 0 aliphatic carbocycles. The summed E-state index contributed by atoms with van der Waals surface area (Å²) in [6.45, 7) is 4.42. The standard InChI is InChI=1S/2C9H7.C2H7Si.Hf/c2*1-2-5-9-7-3-6-8(9)4-1;1-3-2;/h2*1-7H;3H,1-2H3;/q2*-1;;. The quantitative estimate of drug-likeness (QED) is 0.232. The molecule has 4 aromatic rings. The fourth-order valence-electron chi connectivity index (χ4n) is 2.14. The number of hydrogen-bond acceptors (Lipinski definition) is 0. The number of benzene rings is 2. The van der Waals surface area contributed by atoms with Crippen LogP contribution < -0.4 is 0 Å². The van der Waals surface area contributed by atoms with Crippen molar-refractivity contribution in [3.05, 3.63) is 84.9 Å². The van der Waals surface area contributed by atoms with Crippen molar-refractivity contribution in [2.24, 2.45) is 0 Å². The summed E-state index contributed by atoms with van der Waals surface area (Å²) in [7, 11) is 0.750. The van der Waals surface area contributed by atoms with Gasteiger partial charge in [-0.2, -0.15) is 35.0 Å². The Morgan fingerprint density at radius 3 is 1.36 bits per heavy atom. The molecule has 4 rings (SSSR count). The Labute approximate surface area is 154 Å². The van der Waals surface area contributed by atoms with E-state index in [1.165, 1.54) is 21.5 Å². The van der Waals surface area contributed by atoms with E-state index in [2.05, 4.69) is 98.0 Å². The third kappa shape index (κ3) is 5.51. The Morgan fingerprint density at radius 1 is 0.636 bits per heavy atom. The van der Waals surface area contributed by atoms with Crippen LogP contribution in [0.4, 0.5) is 0 Å². The van der Waals surface area contributed by atoms with Gasteiger partial charge in [-0.05, 0) is 0 Å². The first-order valence-electron chi connectivity index (χ1n) is 7.30. The van der Waals surface area contributed by atoms with Gasteiger partial charge in [0.2, 0.25) is 0 Å². The van der Waals surface area contributed by atoms with Crippen LogP contribution in [-0.2, 0) is 25.8 Å². The maximum absolute atomic E-state index is 2.21. The molecule has 0 aliphatic heterocycles. The molecule has 0 saturated carbocycles. The second-order valence-electron chi connectivity index (χ2n) is 4.89. The van der Waals surface area contributed by atoms with E-state index < -0.39 is 0 Å². The third-order valence-electron chi connectivity index (χ3n) is 3.10. The minimum absolute atomic E-state index is 0. The van der Waals surface area contributed by atoms with Gasteiger partial charge in [-0.3, -0.25) is 0 Å². The van der Waals surface area contributed by atoms with Gasteiger partial charge in [-0.15, -0.1) is 59.3 Å². The molecule has 4 aromatic carbocycles. The molecular formula is C20H21HfSi-2. The summed E-state index contributed by atoms with van der Waals surface area (Å²) < 4.78 is 0. The second kappa shape index (κ2) is 10.5. The zero-order chi connectivity index (χ0) is 14.9. The molecular weight excluding hydrogens is 447 g/mol. The molecule has 0 spiro atoms. The van der Waals surface area contributed by atoms with Crippen LogP contribution in [0.5, 0.6) is 0 Å². The van der Waals surface area contributed by atoms with Gasteiger partial charge in [0.25, 0.3) is 0 Å². The zero-order valence-corrected chi connectivity index (χ0v) is 17.9. The molecule has 0 aliphatic rings. The number of hydrogen-bond donors (Lipinski definition) is 0. The number of rotatable bonds is 0. The average molecular weight is 468 g/mol. The first-order chi connectivity index (χ1) is 10.3. The molecule has 0 nitrogen and oxygen atoms in total. The van der Waals surface area contributed by atoms with Gasteiger partial charge in [-0.25, -0.2) is 0 Å². The average Bonchev–Trinajstić information content (AvgIpc) is 3.17. The van der Waals surface area contributed by atoms with Crippen LogP contribution in [0.15, 0.2) is 84.9 Å². The van der Waals surface area contributed by atoms with Crippen molar-refractivity contribution >= 4 is 31.1 Å². The van der Waals surface area contributed by atoms with Crippen molar-refractivity contribution in [3.63, 3.8) is 0 Å². The van der Waals surface area contributed by atoms with Crippen LogP contribution in [0, 0.1) is 0 Å². The molecule has 22 heavy (non-hydrogen) atoms. The van der Waals surface area contributed by atoms with Crippen molar-refractivity contribution in [2.75, 3.05) is 0 Å². The molecule has 0 atom stereocenters. The molecule has 0 aromatic heterocycles. The first kappa shape index (κ1) is 18.8. The van der Waals surface area contributed by atoms with Crippen LogP contribution in [-0.4, -0.2) is 9.52 Å². The fraction of sp³-hybridized carbons (Fsp3) is 0.100. The third-order valence-corrected chi connectivity index (χ3v) is 3.10. The molecule has 0 heterocycles. The van der Waals surface area contributed by atoms with Gasteiger partial charge in [0.15, 0.2) is 0 Å². The van der Waals surface area contributed by atoms with Crippen LogP contribution in [0.1, 0.15) is 0 Å². The molecule has 2 heteroatoms. The molecule has 0 amide bonds. The Bertz CT molecular complexity index is 641. The molecule has 0 N–H and O–H groups in total. The van der Waals surface area contributed by atoms with E-state index in [0.717, 1.165) is 9.52 Å². The maximum atomic E-state index is 2.21. The van der Waals surface area contributed by atoms with Crippen molar-refractivity contribution in [2.45, 2.75) is 13.1 Å². The Kier molecular flexibility index (Phi) is 8.94. The summed E-state index contributed by atoms with van der Waals surface area (Å²) in [5, 5.41) is 5.32. The fourth-order valence-corrected chi connectivity index (χ4v) is 2.14. The molecule has 0 saturated heterocycles. The van der Waals surface area contributed by atoms with Crippen LogP contribution in [0.25, 0.3) is 21.5 Å². The summed E-state index contributed by atoms with van der Waals surface area (Å²) in [5.74, 6) is 0. The Balaban J connectivity index is 0.000000181. The summed E-state index contributed by atoms with van der Waals surface area (Å²) >= 11 is 0. The summed E-state index contributed by atoms with van der Waals surface area (Å²) in [6, 6.07) is 29.3. The molecule has 1 radical (unpaired) electrons. The Hall–Kier alpha value is -1.25. The predicted molar refractivity (Wildman–Crippen MR) is 98.0 cm³/mol. The van der Waals surface area contributed by atoms with Gasteiger partial charge in [0.1, 0.15) is 0 Å². The van der Waals surface area contributed by atoms with Crippen LogP contribution in [0.3, 0.4) is 0 Å². The van der Waals surface area contributed by atoms with Crippen molar-refractivity contribution < 1.29 is 25.8 Å². The van der Waals surface area contributed by atoms with Gasteiger partial charge in [-0.1, -0.05) is 25.2 Å². The van der Waals surface area contributed by atoms with E-state index >= 15 is 0 Å². The minimum Gasteiger partial charge on any atom is -0.168 e. The van der Waals surface area contributed by atoms with E-state index in [-0.39, 0.29) is 25.8 Å². The summed E-state index contributed by atoms with van der Waals surface area (Å²) in [4.78, 5) is 0. The van der Waals surface area contributed by atoms with Crippen molar-refractivity contribution in [3.8, 4) is 0 Å². The maximum Gasteiger partial charge on any atom is 0.0213 e. The van der Waals surface area contributed by atoms with Crippen LogP contribution in [0.2, 0.25) is 13.1 Å². The van der Waals surface area contributed by atoms with E-state index in [0.29, 0.717) is 0 Å². The molecule has 0 unspecified atom stereocenters. The van der Waals surface area contributed by atoms with E-state index in [9.17, 15) is 0 Å².